The molecule has 5 rings (SSSR count). The molecular weight excluding hydrogens is 364 g/mol. The molecule has 1 saturated carbocycles. The maximum Gasteiger partial charge on any atom is 0.151 e. The van der Waals surface area contributed by atoms with E-state index in [1.807, 2.05) is 37.7 Å². The number of hydrogen-bond acceptors (Lipinski definition) is 7. The van der Waals surface area contributed by atoms with Crippen molar-refractivity contribution in [2.45, 2.75) is 63.6 Å². The minimum Gasteiger partial charge on any atom is -0.378 e. The molecule has 7 heteroatoms. The van der Waals surface area contributed by atoms with Crippen LogP contribution in [0.4, 0.5) is 11.5 Å². The highest BCUT2D eigenvalue weighted by atomic mass is 16.5. The average molecular weight is 393 g/mol. The first-order valence-corrected chi connectivity index (χ1v) is 10.6. The van der Waals surface area contributed by atoms with Crippen molar-refractivity contribution in [3.63, 3.8) is 0 Å². The smallest absolute Gasteiger partial charge is 0.151 e. The number of aliphatic imine (C=N–C) groups is 1. The number of nitrogens with zero attached hydrogens (tertiary/aromatic N) is 2. The van der Waals surface area contributed by atoms with Gasteiger partial charge in [-0.1, -0.05) is 25.3 Å². The lowest BCUT2D eigenvalue weighted by molar-refractivity contribution is -0.0168. The van der Waals surface area contributed by atoms with Crippen molar-refractivity contribution >= 4 is 17.7 Å². The molecule has 0 aromatic carbocycles. The lowest BCUT2D eigenvalue weighted by Gasteiger charge is -2.29. The van der Waals surface area contributed by atoms with Crippen LogP contribution in [0.25, 0.3) is 0 Å². The monoisotopic (exact) mass is 392 g/mol. The minimum atomic E-state index is -0.0775. The molecule has 1 fully saturated rings. The van der Waals surface area contributed by atoms with Gasteiger partial charge in [-0.15, -0.1) is 0 Å². The number of hydrogen-bond donors (Lipinski definition) is 4. The van der Waals surface area contributed by atoms with Crippen LogP contribution in [0.1, 0.15) is 37.8 Å². The van der Waals surface area contributed by atoms with Crippen LogP contribution in [-0.2, 0) is 4.74 Å². The zero-order valence-corrected chi connectivity index (χ0v) is 16.7. The predicted octanol–water partition coefficient (Wildman–Crippen LogP) is 3.16. The zero-order valence-electron chi connectivity index (χ0n) is 16.7. The molecule has 0 radical (unpaired) electrons. The molecule has 0 amide bonds. The normalized spacial score (nSPS) is 28.4. The van der Waals surface area contributed by atoms with E-state index in [9.17, 15) is 0 Å². The lowest BCUT2D eigenvalue weighted by Crippen LogP contribution is -2.38. The first kappa shape index (κ1) is 18.2. The van der Waals surface area contributed by atoms with E-state index in [0.29, 0.717) is 6.10 Å². The van der Waals surface area contributed by atoms with Gasteiger partial charge in [0.1, 0.15) is 12.4 Å². The summed E-state index contributed by atoms with van der Waals surface area (Å²) >= 11 is 0. The Morgan fingerprint density at radius 3 is 2.69 bits per heavy atom. The third-order valence-corrected chi connectivity index (χ3v) is 5.82. The molecule has 3 aliphatic heterocycles. The van der Waals surface area contributed by atoms with Gasteiger partial charge in [0.25, 0.3) is 0 Å². The number of ether oxygens (including phenoxy) is 1. The molecule has 152 valence electrons. The number of pyridine rings is 1. The van der Waals surface area contributed by atoms with Crippen molar-refractivity contribution in [2.24, 2.45) is 4.99 Å². The summed E-state index contributed by atoms with van der Waals surface area (Å²) in [4.78, 5) is 9.20. The molecule has 3 unspecified atom stereocenters. The van der Waals surface area contributed by atoms with Gasteiger partial charge in [0.2, 0.25) is 0 Å². The molecule has 4 N–H and O–H groups in total. The van der Waals surface area contributed by atoms with E-state index in [1.165, 1.54) is 32.1 Å². The summed E-state index contributed by atoms with van der Waals surface area (Å²) in [5, 5.41) is 13.6. The number of dihydropyridines is 1. The van der Waals surface area contributed by atoms with Gasteiger partial charge in [-0.2, -0.15) is 0 Å². The third-order valence-electron chi connectivity index (χ3n) is 5.82. The van der Waals surface area contributed by atoms with E-state index in [-0.39, 0.29) is 18.4 Å². The Morgan fingerprint density at radius 2 is 1.93 bits per heavy atom. The van der Waals surface area contributed by atoms with Crippen LogP contribution < -0.4 is 21.3 Å². The number of aromatic nitrogens is 1. The first-order valence-electron chi connectivity index (χ1n) is 10.6. The fourth-order valence-electron chi connectivity index (χ4n) is 4.18. The van der Waals surface area contributed by atoms with Gasteiger partial charge in [-0.25, -0.2) is 4.98 Å². The minimum absolute atomic E-state index is 0.0326. The molecule has 0 bridgehead atoms. The second-order valence-electron chi connectivity index (χ2n) is 8.05. The van der Waals surface area contributed by atoms with E-state index in [0.717, 1.165) is 28.5 Å². The second-order valence-corrected chi connectivity index (χ2v) is 8.05. The summed E-state index contributed by atoms with van der Waals surface area (Å²) in [6.07, 6.45) is 16.7. The Kier molecular flexibility index (Phi) is 4.97. The van der Waals surface area contributed by atoms with Crippen LogP contribution in [0.5, 0.6) is 0 Å². The predicted molar refractivity (Wildman–Crippen MR) is 116 cm³/mol. The molecule has 7 nitrogen and oxygen atoms in total. The van der Waals surface area contributed by atoms with Crippen LogP contribution in [0, 0.1) is 6.92 Å². The first-order chi connectivity index (χ1) is 14.2. The lowest BCUT2D eigenvalue weighted by atomic mass is 9.98. The van der Waals surface area contributed by atoms with Crippen LogP contribution >= 0.6 is 0 Å². The SMILES string of the molecule is Cc1ccc2c(n1)NC(C1=CNC(C3=CNC(OC4CCCCC4)C=C3)C=N1)N2. The molecule has 4 heterocycles. The molecule has 1 aliphatic carbocycles. The molecule has 1 aromatic rings. The van der Waals surface area contributed by atoms with Crippen molar-refractivity contribution in [3.8, 4) is 0 Å². The summed E-state index contributed by atoms with van der Waals surface area (Å²) < 4.78 is 6.16. The standard InChI is InChI=1S/C22H28N6O/c1-14-7-9-17-21(26-14)28-22(27-17)19-13-23-18(12-24-19)15-8-10-20(25-11-15)29-16-5-3-2-4-6-16/h7-13,16,18,20,22-23,25,27H,2-6H2,1H3,(H,26,28). The quantitative estimate of drug-likeness (QED) is 0.630. The fourth-order valence-corrected chi connectivity index (χ4v) is 4.18. The highest BCUT2D eigenvalue weighted by molar-refractivity contribution is 5.76. The van der Waals surface area contributed by atoms with Crippen molar-refractivity contribution in [1.29, 1.82) is 0 Å². The Balaban J connectivity index is 1.15. The molecule has 0 saturated heterocycles. The van der Waals surface area contributed by atoms with Crippen LogP contribution in [0.3, 0.4) is 0 Å². The van der Waals surface area contributed by atoms with Gasteiger partial charge in [0, 0.05) is 24.3 Å². The van der Waals surface area contributed by atoms with E-state index in [1.54, 1.807) is 0 Å². The number of anilines is 2. The fraction of sp³-hybridized carbons (Fsp3) is 0.455. The summed E-state index contributed by atoms with van der Waals surface area (Å²) in [7, 11) is 0. The number of nitrogens with one attached hydrogen (secondary N) is 4. The van der Waals surface area contributed by atoms with Gasteiger partial charge in [-0.05, 0) is 43.5 Å². The molecule has 1 aromatic heterocycles. The molecular formula is C22H28N6O. The second kappa shape index (κ2) is 7.91. The summed E-state index contributed by atoms with van der Waals surface area (Å²) in [5.74, 6) is 0.874. The number of aryl methyl sites for hydroxylation is 1. The van der Waals surface area contributed by atoms with Gasteiger partial charge in [0.15, 0.2) is 5.82 Å². The van der Waals surface area contributed by atoms with Crippen LogP contribution in [-0.4, -0.2) is 35.7 Å². The Labute approximate surface area is 171 Å². The zero-order chi connectivity index (χ0) is 19.6. The maximum absolute atomic E-state index is 6.16. The molecule has 4 aliphatic rings. The highest BCUT2D eigenvalue weighted by Crippen LogP contribution is 2.30. The van der Waals surface area contributed by atoms with Crippen LogP contribution in [0.15, 0.2) is 52.9 Å². The topological polar surface area (TPSA) is 82.6 Å². The highest BCUT2D eigenvalue weighted by Gasteiger charge is 2.26. The Hall–Kier alpha value is -2.80. The Morgan fingerprint density at radius 1 is 1.03 bits per heavy atom. The maximum atomic E-state index is 6.16. The average Bonchev–Trinajstić information content (AvgIpc) is 3.18. The number of fused-ring (bicyclic) bond motifs is 1. The Bertz CT molecular complexity index is 883. The van der Waals surface area contributed by atoms with E-state index in [4.69, 9.17) is 4.74 Å². The summed E-state index contributed by atoms with van der Waals surface area (Å²) in [5.41, 5.74) is 4.04. The van der Waals surface area contributed by atoms with Gasteiger partial charge >= 0.3 is 0 Å². The molecule has 0 spiro atoms. The molecule has 3 atom stereocenters. The van der Waals surface area contributed by atoms with Crippen molar-refractivity contribution in [3.05, 3.63) is 53.6 Å². The van der Waals surface area contributed by atoms with Crippen molar-refractivity contribution < 1.29 is 4.74 Å². The van der Waals surface area contributed by atoms with Gasteiger partial charge in [-0.3, -0.25) is 4.99 Å². The van der Waals surface area contributed by atoms with Crippen LogP contribution in [0.2, 0.25) is 0 Å². The van der Waals surface area contributed by atoms with E-state index in [2.05, 4.69) is 43.4 Å². The molecule has 29 heavy (non-hydrogen) atoms. The number of rotatable bonds is 4. The van der Waals surface area contributed by atoms with Crippen molar-refractivity contribution in [2.75, 3.05) is 10.6 Å². The summed E-state index contributed by atoms with van der Waals surface area (Å²) in [6, 6.07) is 4.09. The third kappa shape index (κ3) is 4.00. The van der Waals surface area contributed by atoms with Gasteiger partial charge < -0.3 is 26.0 Å². The largest absolute Gasteiger partial charge is 0.378 e. The summed E-state index contributed by atoms with van der Waals surface area (Å²) in [6.45, 7) is 1.99. The van der Waals surface area contributed by atoms with E-state index < -0.39 is 0 Å². The van der Waals surface area contributed by atoms with Crippen molar-refractivity contribution in [1.82, 2.24) is 15.6 Å². The van der Waals surface area contributed by atoms with Gasteiger partial charge in [0.05, 0.1) is 23.5 Å². The van der Waals surface area contributed by atoms with E-state index >= 15 is 0 Å².